The second kappa shape index (κ2) is 12.7. The monoisotopic (exact) mass is 627 g/mol. The lowest BCUT2D eigenvalue weighted by molar-refractivity contribution is 0.111. The number of aliphatic hydroxyl groups is 1. The van der Waals surface area contributed by atoms with Crippen molar-refractivity contribution in [2.24, 2.45) is 17.6 Å². The molecule has 5 heterocycles. The fraction of sp³-hybridized carbons (Fsp3) is 0.424. The number of rotatable bonds is 11. The Hall–Kier alpha value is -4.59. The Morgan fingerprint density at radius 1 is 1.22 bits per heavy atom. The van der Waals surface area contributed by atoms with Crippen LogP contribution in [0.1, 0.15) is 46.9 Å². The SMILES string of the molecule is COCCN1CCn2nc(Nc3cc(-c4ccnc(N(C)/N=C\n5c(C=O)cc6c5CC(C)(C)C6)c4CO)cn(C)c3=O)cc2C1. The number of carbonyl (C=O) groups is 1. The minimum atomic E-state index is -0.302. The molecular formula is C33H41N9O4. The summed E-state index contributed by atoms with van der Waals surface area (Å²) in [4.78, 5) is 31.9. The summed E-state index contributed by atoms with van der Waals surface area (Å²) in [6, 6.07) is 7.49. The third-order valence-corrected chi connectivity index (χ3v) is 8.78. The second-order valence-corrected chi connectivity index (χ2v) is 12.8. The van der Waals surface area contributed by atoms with Crippen molar-refractivity contribution >= 4 is 29.9 Å². The third kappa shape index (κ3) is 6.13. The number of nitrogens with zero attached hydrogens (tertiary/aromatic N) is 8. The number of nitrogens with one attached hydrogen (secondary N) is 1. The van der Waals surface area contributed by atoms with Crippen LogP contribution in [0.2, 0.25) is 0 Å². The number of fused-ring (bicyclic) bond motifs is 2. The smallest absolute Gasteiger partial charge is 0.274 e. The highest BCUT2D eigenvalue weighted by Crippen LogP contribution is 2.37. The molecule has 242 valence electrons. The summed E-state index contributed by atoms with van der Waals surface area (Å²) in [6.07, 6.45) is 7.62. The largest absolute Gasteiger partial charge is 0.392 e. The first-order valence-corrected chi connectivity index (χ1v) is 15.4. The van der Waals surface area contributed by atoms with Gasteiger partial charge < -0.3 is 19.7 Å². The van der Waals surface area contributed by atoms with E-state index < -0.39 is 0 Å². The number of aldehydes is 1. The minimum absolute atomic E-state index is 0.124. The third-order valence-electron chi connectivity index (χ3n) is 8.78. The van der Waals surface area contributed by atoms with E-state index >= 15 is 0 Å². The van der Waals surface area contributed by atoms with Crippen molar-refractivity contribution in [2.45, 2.75) is 46.4 Å². The summed E-state index contributed by atoms with van der Waals surface area (Å²) in [6.45, 7) is 8.04. The minimum Gasteiger partial charge on any atom is -0.392 e. The van der Waals surface area contributed by atoms with Gasteiger partial charge in [-0.3, -0.25) is 23.7 Å². The van der Waals surface area contributed by atoms with Gasteiger partial charge in [-0.2, -0.15) is 10.2 Å². The highest BCUT2D eigenvalue weighted by Gasteiger charge is 2.32. The predicted molar refractivity (Wildman–Crippen MR) is 177 cm³/mol. The lowest BCUT2D eigenvalue weighted by Gasteiger charge is -2.26. The molecule has 2 N–H and O–H groups in total. The highest BCUT2D eigenvalue weighted by atomic mass is 16.5. The van der Waals surface area contributed by atoms with Crippen molar-refractivity contribution in [3.8, 4) is 11.1 Å². The Morgan fingerprint density at radius 3 is 2.80 bits per heavy atom. The van der Waals surface area contributed by atoms with E-state index in [9.17, 15) is 14.7 Å². The summed E-state index contributed by atoms with van der Waals surface area (Å²) < 4.78 is 10.5. The van der Waals surface area contributed by atoms with Crippen molar-refractivity contribution < 1.29 is 14.6 Å². The Labute approximate surface area is 267 Å². The van der Waals surface area contributed by atoms with Crippen LogP contribution in [0.3, 0.4) is 0 Å². The molecule has 0 saturated carbocycles. The molecule has 4 aromatic rings. The van der Waals surface area contributed by atoms with E-state index in [1.807, 2.05) is 27.4 Å². The van der Waals surface area contributed by atoms with Crippen LogP contribution in [-0.4, -0.2) is 80.4 Å². The van der Waals surface area contributed by atoms with E-state index in [0.29, 0.717) is 40.8 Å². The summed E-state index contributed by atoms with van der Waals surface area (Å²) >= 11 is 0. The quantitative estimate of drug-likeness (QED) is 0.111. The summed E-state index contributed by atoms with van der Waals surface area (Å²) in [7, 11) is 5.15. The van der Waals surface area contributed by atoms with Crippen molar-refractivity contribution in [2.75, 3.05) is 44.2 Å². The van der Waals surface area contributed by atoms with Crippen molar-refractivity contribution in [1.29, 1.82) is 0 Å². The molecule has 0 atom stereocenters. The van der Waals surface area contributed by atoms with Gasteiger partial charge in [-0.05, 0) is 47.6 Å². The number of carbonyl (C=O) groups excluding carboxylic acids is 1. The summed E-state index contributed by atoms with van der Waals surface area (Å²) in [5.74, 6) is 1.05. The number of hydrazone groups is 1. The predicted octanol–water partition coefficient (Wildman–Crippen LogP) is 3.01. The normalized spacial score (nSPS) is 15.7. The number of aryl methyl sites for hydroxylation is 1. The average Bonchev–Trinajstić information content (AvgIpc) is 3.68. The number of aliphatic hydroxyl groups excluding tert-OH is 1. The number of hydrogen-bond donors (Lipinski definition) is 2. The fourth-order valence-corrected chi connectivity index (χ4v) is 6.50. The first kappa shape index (κ1) is 31.4. The molecule has 0 radical (unpaired) electrons. The number of ether oxygens (including phenoxy) is 1. The van der Waals surface area contributed by atoms with Gasteiger partial charge in [0.25, 0.3) is 5.56 Å². The molecule has 1 aliphatic carbocycles. The zero-order chi connectivity index (χ0) is 32.6. The lowest BCUT2D eigenvalue weighted by Crippen LogP contribution is -2.35. The lowest BCUT2D eigenvalue weighted by atomic mass is 9.90. The maximum Gasteiger partial charge on any atom is 0.274 e. The van der Waals surface area contributed by atoms with Crippen LogP contribution in [0.25, 0.3) is 11.1 Å². The average molecular weight is 628 g/mol. The van der Waals surface area contributed by atoms with Crippen LogP contribution >= 0.6 is 0 Å². The van der Waals surface area contributed by atoms with Crippen LogP contribution in [-0.2, 0) is 44.3 Å². The van der Waals surface area contributed by atoms with Gasteiger partial charge in [0.05, 0.1) is 31.1 Å². The number of hydrogen-bond acceptors (Lipinski definition) is 10. The molecule has 46 heavy (non-hydrogen) atoms. The Bertz CT molecular complexity index is 1850. The van der Waals surface area contributed by atoms with Crippen molar-refractivity contribution in [1.82, 2.24) is 28.8 Å². The van der Waals surface area contributed by atoms with E-state index in [-0.39, 0.29) is 17.6 Å². The fourth-order valence-electron chi connectivity index (χ4n) is 6.50. The second-order valence-electron chi connectivity index (χ2n) is 12.8. The van der Waals surface area contributed by atoms with Gasteiger partial charge in [-0.1, -0.05) is 13.8 Å². The number of anilines is 3. The molecule has 6 rings (SSSR count). The van der Waals surface area contributed by atoms with Gasteiger partial charge >= 0.3 is 0 Å². The Morgan fingerprint density at radius 2 is 2.04 bits per heavy atom. The molecule has 0 bridgehead atoms. The van der Waals surface area contributed by atoms with E-state index in [4.69, 9.17) is 9.84 Å². The molecule has 13 nitrogen and oxygen atoms in total. The standard InChI is InChI=1S/C33H41N9O4/c1-33(2)15-22-12-25(19-43)41(29(22)16-33)21-35-39(4)31-27(20-44)26(6-7-34-31)23-13-28(32(45)38(3)17-23)36-30-14-24-18-40(10-11-46-5)8-9-42(24)37-30/h6-7,12-14,17,19,21,44H,8-11,15-16,18,20H2,1-5H3,(H,36,37)/b35-21-. The first-order chi connectivity index (χ1) is 22.1. The zero-order valence-corrected chi connectivity index (χ0v) is 27.0. The zero-order valence-electron chi connectivity index (χ0n) is 27.0. The topological polar surface area (TPSA) is 135 Å². The van der Waals surface area contributed by atoms with Crippen LogP contribution in [0.15, 0.2) is 46.6 Å². The maximum atomic E-state index is 13.2. The van der Waals surface area contributed by atoms with Crippen LogP contribution < -0.4 is 15.9 Å². The molecule has 0 spiro atoms. The Balaban J connectivity index is 1.28. The van der Waals surface area contributed by atoms with Crippen LogP contribution in [0.4, 0.5) is 17.3 Å². The van der Waals surface area contributed by atoms with E-state index in [1.54, 1.807) is 51.0 Å². The molecule has 2 aliphatic rings. The van der Waals surface area contributed by atoms with Gasteiger partial charge in [0.15, 0.2) is 17.9 Å². The van der Waals surface area contributed by atoms with Gasteiger partial charge in [-0.15, -0.1) is 0 Å². The Kier molecular flexibility index (Phi) is 8.64. The molecule has 4 aromatic heterocycles. The summed E-state index contributed by atoms with van der Waals surface area (Å²) in [5.41, 5.74) is 6.13. The molecule has 0 unspecified atom stereocenters. The maximum absolute atomic E-state index is 13.2. The van der Waals surface area contributed by atoms with Gasteiger partial charge in [0, 0.05) is 76.1 Å². The van der Waals surface area contributed by atoms with Gasteiger partial charge in [0.1, 0.15) is 12.0 Å². The van der Waals surface area contributed by atoms with Crippen molar-refractivity contribution in [3.63, 3.8) is 0 Å². The molecule has 13 heteroatoms. The molecule has 1 aliphatic heterocycles. The number of aromatic nitrogens is 5. The molecule has 0 fully saturated rings. The first-order valence-electron chi connectivity index (χ1n) is 15.4. The molecule has 0 saturated heterocycles. The van der Waals surface area contributed by atoms with Crippen LogP contribution in [0, 0.1) is 5.41 Å². The molecule has 0 amide bonds. The van der Waals surface area contributed by atoms with E-state index in [2.05, 4.69) is 34.1 Å². The highest BCUT2D eigenvalue weighted by molar-refractivity contribution is 5.81. The van der Waals surface area contributed by atoms with E-state index in [0.717, 1.165) is 67.8 Å². The van der Waals surface area contributed by atoms with E-state index in [1.165, 1.54) is 4.57 Å². The summed E-state index contributed by atoms with van der Waals surface area (Å²) in [5, 5.41) is 24.7. The van der Waals surface area contributed by atoms with Crippen LogP contribution in [0.5, 0.6) is 0 Å². The number of methoxy groups -OCH3 is 1. The van der Waals surface area contributed by atoms with Gasteiger partial charge in [-0.25, -0.2) is 9.99 Å². The molecule has 0 aromatic carbocycles. The van der Waals surface area contributed by atoms with Gasteiger partial charge in [0.2, 0.25) is 0 Å². The van der Waals surface area contributed by atoms with Crippen molar-refractivity contribution in [3.05, 3.63) is 75.2 Å². The molecular weight excluding hydrogens is 586 g/mol. The number of pyridine rings is 2.